The van der Waals surface area contributed by atoms with Crippen molar-refractivity contribution in [3.63, 3.8) is 0 Å². The SMILES string of the molecule is CCC[C@H](N)C(=O)N(O)C(=O)Nc1ncnc2nc[nH]c12. The number of H-pyrrole nitrogens is 1. The fourth-order valence-electron chi connectivity index (χ4n) is 1.71. The Bertz CT molecular complexity index is 656. The lowest BCUT2D eigenvalue weighted by molar-refractivity contribution is -0.153. The minimum absolute atomic E-state index is 0.0510. The fraction of sp³-hybridized carbons (Fsp3) is 0.364. The highest BCUT2D eigenvalue weighted by Gasteiger charge is 2.25. The van der Waals surface area contributed by atoms with Crippen molar-refractivity contribution in [1.82, 2.24) is 25.0 Å². The van der Waals surface area contributed by atoms with E-state index in [2.05, 4.69) is 25.3 Å². The number of nitrogens with two attached hydrogens (primary N) is 1. The number of imidazole rings is 1. The van der Waals surface area contributed by atoms with Crippen molar-refractivity contribution < 1.29 is 14.8 Å². The normalized spacial score (nSPS) is 12.1. The smallest absolute Gasteiger partial charge is 0.340 e. The highest BCUT2D eigenvalue weighted by Crippen LogP contribution is 2.14. The zero-order chi connectivity index (χ0) is 15.4. The maximum Gasteiger partial charge on any atom is 0.354 e. The quantitative estimate of drug-likeness (QED) is 0.465. The lowest BCUT2D eigenvalue weighted by atomic mass is 10.2. The molecule has 1 atom stereocenters. The number of amides is 3. The molecule has 0 aliphatic rings. The second-order valence-electron chi connectivity index (χ2n) is 4.30. The number of urea groups is 1. The van der Waals surface area contributed by atoms with Crippen LogP contribution in [0.4, 0.5) is 10.6 Å². The number of hydroxylamine groups is 2. The number of nitrogens with zero attached hydrogens (tertiary/aromatic N) is 4. The molecule has 0 spiro atoms. The zero-order valence-electron chi connectivity index (χ0n) is 11.3. The number of carbonyl (C=O) groups excluding carboxylic acids is 2. The molecule has 112 valence electrons. The van der Waals surface area contributed by atoms with E-state index in [1.54, 1.807) is 0 Å². The van der Waals surface area contributed by atoms with Crippen molar-refractivity contribution >= 4 is 28.9 Å². The van der Waals surface area contributed by atoms with Gasteiger partial charge in [-0.25, -0.2) is 19.7 Å². The van der Waals surface area contributed by atoms with Gasteiger partial charge < -0.3 is 10.7 Å². The molecule has 0 aromatic carbocycles. The summed E-state index contributed by atoms with van der Waals surface area (Å²) >= 11 is 0. The van der Waals surface area contributed by atoms with Crippen molar-refractivity contribution in [2.45, 2.75) is 25.8 Å². The van der Waals surface area contributed by atoms with Crippen LogP contribution >= 0.6 is 0 Å². The topological polar surface area (TPSA) is 150 Å². The van der Waals surface area contributed by atoms with Crippen molar-refractivity contribution in [3.05, 3.63) is 12.7 Å². The molecule has 0 fully saturated rings. The molecule has 0 aliphatic heterocycles. The first kappa shape index (κ1) is 14.8. The predicted octanol–water partition coefficient (Wildman–Crippen LogP) is 0.230. The molecule has 2 aromatic rings. The molecule has 5 N–H and O–H groups in total. The molecule has 21 heavy (non-hydrogen) atoms. The number of imide groups is 1. The van der Waals surface area contributed by atoms with Crippen LogP contribution in [-0.2, 0) is 4.79 Å². The van der Waals surface area contributed by atoms with Gasteiger partial charge in [-0.1, -0.05) is 13.3 Å². The Morgan fingerprint density at radius 1 is 1.48 bits per heavy atom. The van der Waals surface area contributed by atoms with Crippen LogP contribution in [0.25, 0.3) is 11.2 Å². The van der Waals surface area contributed by atoms with E-state index in [-0.39, 0.29) is 10.9 Å². The number of fused-ring (bicyclic) bond motifs is 1. The predicted molar refractivity (Wildman–Crippen MR) is 72.2 cm³/mol. The fourth-order valence-corrected chi connectivity index (χ4v) is 1.71. The summed E-state index contributed by atoms with van der Waals surface area (Å²) in [6.07, 6.45) is 3.60. The van der Waals surface area contributed by atoms with E-state index < -0.39 is 18.0 Å². The summed E-state index contributed by atoms with van der Waals surface area (Å²) in [6, 6.07) is -2.00. The first-order chi connectivity index (χ1) is 10.0. The third-order valence-electron chi connectivity index (χ3n) is 2.77. The molecule has 0 aliphatic carbocycles. The number of anilines is 1. The molecule has 0 radical (unpaired) electrons. The number of nitrogens with one attached hydrogen (secondary N) is 2. The number of hydrogen-bond donors (Lipinski definition) is 4. The molecular formula is C11H15N7O3. The molecule has 0 saturated heterocycles. The van der Waals surface area contributed by atoms with E-state index in [1.165, 1.54) is 12.7 Å². The van der Waals surface area contributed by atoms with Crippen molar-refractivity contribution in [3.8, 4) is 0 Å². The molecule has 10 nitrogen and oxygen atoms in total. The Morgan fingerprint density at radius 3 is 2.95 bits per heavy atom. The number of rotatable bonds is 4. The Hall–Kier alpha value is -2.59. The van der Waals surface area contributed by atoms with Crippen LogP contribution in [-0.4, -0.2) is 48.2 Å². The van der Waals surface area contributed by atoms with Crippen molar-refractivity contribution in [1.29, 1.82) is 0 Å². The van der Waals surface area contributed by atoms with Crippen LogP contribution in [0.1, 0.15) is 19.8 Å². The van der Waals surface area contributed by atoms with E-state index in [0.717, 1.165) is 0 Å². The maximum absolute atomic E-state index is 11.8. The average molecular weight is 293 g/mol. The van der Waals surface area contributed by atoms with Crippen LogP contribution in [0.2, 0.25) is 0 Å². The summed E-state index contributed by atoms with van der Waals surface area (Å²) in [4.78, 5) is 37.9. The molecule has 2 rings (SSSR count). The second-order valence-corrected chi connectivity index (χ2v) is 4.30. The molecular weight excluding hydrogens is 278 g/mol. The van der Waals surface area contributed by atoms with Crippen LogP contribution in [0.15, 0.2) is 12.7 Å². The Kier molecular flexibility index (Phi) is 4.40. The minimum Gasteiger partial charge on any atom is -0.340 e. The summed E-state index contributed by atoms with van der Waals surface area (Å²) in [5, 5.41) is 11.8. The summed E-state index contributed by atoms with van der Waals surface area (Å²) < 4.78 is 0. The van der Waals surface area contributed by atoms with Gasteiger partial charge in [-0.05, 0) is 6.42 Å². The molecule has 3 amide bonds. The molecule has 0 unspecified atom stereocenters. The van der Waals surface area contributed by atoms with Gasteiger partial charge in [0.05, 0.1) is 12.4 Å². The number of carbonyl (C=O) groups is 2. The lowest BCUT2D eigenvalue weighted by Gasteiger charge is -2.17. The van der Waals surface area contributed by atoms with E-state index in [0.29, 0.717) is 24.0 Å². The summed E-state index contributed by atoms with van der Waals surface area (Å²) in [5.41, 5.74) is 6.29. The lowest BCUT2D eigenvalue weighted by Crippen LogP contribution is -2.46. The summed E-state index contributed by atoms with van der Waals surface area (Å²) in [6.45, 7) is 1.84. The van der Waals surface area contributed by atoms with Gasteiger partial charge in [-0.3, -0.25) is 15.3 Å². The van der Waals surface area contributed by atoms with Gasteiger partial charge in [0.1, 0.15) is 11.8 Å². The minimum atomic E-state index is -1.05. The van der Waals surface area contributed by atoms with Crippen LogP contribution in [0, 0.1) is 0 Å². The van der Waals surface area contributed by atoms with Gasteiger partial charge in [-0.2, -0.15) is 0 Å². The average Bonchev–Trinajstić information content (AvgIpc) is 2.95. The largest absolute Gasteiger partial charge is 0.354 e. The van der Waals surface area contributed by atoms with E-state index in [4.69, 9.17) is 5.73 Å². The summed E-state index contributed by atoms with van der Waals surface area (Å²) in [7, 11) is 0. The first-order valence-corrected chi connectivity index (χ1v) is 6.28. The van der Waals surface area contributed by atoms with Gasteiger partial charge in [0.25, 0.3) is 5.91 Å². The second kappa shape index (κ2) is 6.24. The molecule has 2 aromatic heterocycles. The molecule has 10 heteroatoms. The molecule has 0 saturated carbocycles. The Morgan fingerprint density at radius 2 is 2.24 bits per heavy atom. The van der Waals surface area contributed by atoms with Crippen molar-refractivity contribution in [2.24, 2.45) is 5.73 Å². The van der Waals surface area contributed by atoms with E-state index in [1.807, 2.05) is 6.92 Å². The van der Waals surface area contributed by atoms with Crippen LogP contribution in [0.3, 0.4) is 0 Å². The zero-order valence-corrected chi connectivity index (χ0v) is 11.3. The van der Waals surface area contributed by atoms with Gasteiger partial charge in [0.2, 0.25) is 0 Å². The van der Waals surface area contributed by atoms with Gasteiger partial charge in [0.15, 0.2) is 11.5 Å². The third-order valence-corrected chi connectivity index (χ3v) is 2.77. The third kappa shape index (κ3) is 3.12. The Labute approximate surface area is 119 Å². The van der Waals surface area contributed by atoms with Crippen LogP contribution in [0.5, 0.6) is 0 Å². The highest BCUT2D eigenvalue weighted by atomic mass is 16.5. The number of hydrogen-bond acceptors (Lipinski definition) is 7. The number of aromatic amines is 1. The molecule has 0 bridgehead atoms. The Balaban J connectivity index is 2.10. The highest BCUT2D eigenvalue weighted by molar-refractivity contribution is 6.03. The monoisotopic (exact) mass is 293 g/mol. The van der Waals surface area contributed by atoms with Crippen LogP contribution < -0.4 is 11.1 Å². The van der Waals surface area contributed by atoms with E-state index in [9.17, 15) is 14.8 Å². The summed E-state index contributed by atoms with van der Waals surface area (Å²) in [5.74, 6) is -0.789. The van der Waals surface area contributed by atoms with Gasteiger partial charge in [0, 0.05) is 0 Å². The van der Waals surface area contributed by atoms with Crippen molar-refractivity contribution in [2.75, 3.05) is 5.32 Å². The van der Waals surface area contributed by atoms with E-state index >= 15 is 0 Å². The van der Waals surface area contributed by atoms with Gasteiger partial charge >= 0.3 is 6.03 Å². The molecule has 2 heterocycles. The standard InChI is InChI=1S/C11H15N7O3/c1-2-3-6(12)10(19)18(21)11(20)17-9-7-8(14-4-13-7)15-5-16-9/h4-6,21H,2-3,12H2,1H3,(H2,13,14,15,16,17,20)/t6-/m0/s1. The van der Waals surface area contributed by atoms with Gasteiger partial charge in [-0.15, -0.1) is 5.06 Å². The number of aromatic nitrogens is 4. The first-order valence-electron chi connectivity index (χ1n) is 6.28. The maximum atomic E-state index is 11.8.